The summed E-state index contributed by atoms with van der Waals surface area (Å²) < 4.78 is 50.8. The molecule has 1 aliphatic rings. The zero-order valence-corrected chi connectivity index (χ0v) is 8.96. The molecule has 17 heavy (non-hydrogen) atoms. The van der Waals surface area contributed by atoms with E-state index in [-0.39, 0.29) is 0 Å². The van der Waals surface area contributed by atoms with Crippen molar-refractivity contribution in [2.75, 3.05) is 10.8 Å². The minimum atomic E-state index is -4.24. The fourth-order valence-electron chi connectivity index (χ4n) is 1.45. The van der Waals surface area contributed by atoms with Gasteiger partial charge in [-0.05, 0) is 0 Å². The normalized spacial score (nSPS) is 18.2. The summed E-state index contributed by atoms with van der Waals surface area (Å²) in [5, 5.41) is 9.33. The summed E-state index contributed by atoms with van der Waals surface area (Å²) >= 11 is 0. The first-order valence-electron chi connectivity index (χ1n) is 4.32. The number of phenols is 1. The van der Waals surface area contributed by atoms with Crippen molar-refractivity contribution in [2.24, 2.45) is 0 Å². The van der Waals surface area contributed by atoms with Crippen molar-refractivity contribution >= 4 is 21.8 Å². The van der Waals surface area contributed by atoms with Crippen molar-refractivity contribution in [3.8, 4) is 5.75 Å². The molecule has 0 radical (unpaired) electrons. The molecule has 1 aromatic rings. The second-order valence-corrected chi connectivity index (χ2v) is 4.89. The van der Waals surface area contributed by atoms with Crippen LogP contribution in [0, 0.1) is 11.6 Å². The molecule has 1 aliphatic heterocycles. The lowest BCUT2D eigenvalue weighted by Crippen LogP contribution is -2.30. The summed E-state index contributed by atoms with van der Waals surface area (Å²) in [7, 11) is -4.24. The zero-order chi connectivity index (χ0) is 12.8. The van der Waals surface area contributed by atoms with Crippen LogP contribution in [0.15, 0.2) is 12.1 Å². The average molecular weight is 264 g/mol. The van der Waals surface area contributed by atoms with E-state index in [2.05, 4.69) is 0 Å². The van der Waals surface area contributed by atoms with E-state index in [0.29, 0.717) is 16.4 Å². The van der Waals surface area contributed by atoms with Crippen molar-refractivity contribution in [2.45, 2.75) is 0 Å². The molecular weight excluding hydrogens is 258 g/mol. The van der Waals surface area contributed by atoms with E-state index >= 15 is 0 Å². The molecule has 0 aliphatic carbocycles. The van der Waals surface area contributed by atoms with Crippen LogP contribution >= 0.6 is 0 Å². The molecule has 0 atom stereocenters. The first-order valence-corrected chi connectivity index (χ1v) is 5.76. The summed E-state index contributed by atoms with van der Waals surface area (Å²) in [6, 6.07) is 0.962. The van der Waals surface area contributed by atoms with Gasteiger partial charge in [0.2, 0.25) is 0 Å². The molecule has 0 unspecified atom stereocenters. The fourth-order valence-corrected chi connectivity index (χ4v) is 2.62. The Morgan fingerprint density at radius 1 is 1.35 bits per heavy atom. The van der Waals surface area contributed by atoms with E-state index < -0.39 is 45.7 Å². The second-order valence-electron chi connectivity index (χ2n) is 3.29. The number of carbonyl (C=O) groups is 1. The Morgan fingerprint density at radius 2 is 2.00 bits per heavy atom. The molecular formula is C8H6F2N2O4S. The third-order valence-electron chi connectivity index (χ3n) is 2.08. The summed E-state index contributed by atoms with van der Waals surface area (Å²) in [6.45, 7) is -0.668. The van der Waals surface area contributed by atoms with Gasteiger partial charge in [0.05, 0.1) is 0 Å². The van der Waals surface area contributed by atoms with Crippen LogP contribution < -0.4 is 9.03 Å². The lowest BCUT2D eigenvalue weighted by atomic mass is 10.2. The number of nitrogens with one attached hydrogen (secondary N) is 1. The van der Waals surface area contributed by atoms with Gasteiger partial charge in [-0.3, -0.25) is 4.79 Å². The van der Waals surface area contributed by atoms with Gasteiger partial charge in [-0.25, -0.2) is 17.8 Å². The number of halogens is 2. The van der Waals surface area contributed by atoms with Crippen molar-refractivity contribution in [1.82, 2.24) is 4.72 Å². The van der Waals surface area contributed by atoms with E-state index in [1.165, 1.54) is 0 Å². The summed E-state index contributed by atoms with van der Waals surface area (Å²) in [4.78, 5) is 10.9. The number of anilines is 1. The number of hydrogen-bond donors (Lipinski definition) is 2. The molecule has 1 saturated heterocycles. The van der Waals surface area contributed by atoms with Gasteiger partial charge in [-0.2, -0.15) is 8.42 Å². The summed E-state index contributed by atoms with van der Waals surface area (Å²) in [5.41, 5.74) is -0.759. The highest BCUT2D eigenvalue weighted by molar-refractivity contribution is 7.92. The molecule has 1 fully saturated rings. The number of hydrogen-bond acceptors (Lipinski definition) is 4. The predicted molar refractivity (Wildman–Crippen MR) is 52.4 cm³/mol. The maximum Gasteiger partial charge on any atom is 0.326 e. The molecule has 0 aromatic heterocycles. The standard InChI is InChI=1S/C8H6F2N2O4S/c9-4-1-5(10)8(6(13)2-4)12-3-7(14)11-17(12,15)16/h1-2,13H,3H2,(H,11,14). The largest absolute Gasteiger partial charge is 0.506 e. The predicted octanol–water partition coefficient (Wildman–Crippen LogP) is -0.149. The number of amides is 1. The van der Waals surface area contributed by atoms with Crippen molar-refractivity contribution in [3.63, 3.8) is 0 Å². The molecule has 9 heteroatoms. The van der Waals surface area contributed by atoms with Crippen LogP contribution in [0.25, 0.3) is 0 Å². The van der Waals surface area contributed by atoms with Gasteiger partial charge in [0.25, 0.3) is 5.91 Å². The first kappa shape index (κ1) is 11.6. The van der Waals surface area contributed by atoms with Gasteiger partial charge in [-0.1, -0.05) is 0 Å². The molecule has 1 aromatic carbocycles. The average Bonchev–Trinajstić information content (AvgIpc) is 2.37. The van der Waals surface area contributed by atoms with Gasteiger partial charge in [0.1, 0.15) is 23.8 Å². The van der Waals surface area contributed by atoms with Crippen LogP contribution in [0.5, 0.6) is 5.75 Å². The fraction of sp³-hybridized carbons (Fsp3) is 0.125. The Bertz CT molecular complexity index is 579. The topological polar surface area (TPSA) is 86.7 Å². The van der Waals surface area contributed by atoms with Crippen LogP contribution in [-0.2, 0) is 15.0 Å². The lowest BCUT2D eigenvalue weighted by Gasteiger charge is -2.16. The number of rotatable bonds is 1. The van der Waals surface area contributed by atoms with E-state index in [1.54, 1.807) is 4.72 Å². The minimum Gasteiger partial charge on any atom is -0.506 e. The van der Waals surface area contributed by atoms with E-state index in [4.69, 9.17) is 0 Å². The van der Waals surface area contributed by atoms with Crippen LogP contribution in [0.1, 0.15) is 0 Å². The quantitative estimate of drug-likeness (QED) is 0.738. The van der Waals surface area contributed by atoms with Crippen molar-refractivity contribution in [3.05, 3.63) is 23.8 Å². The molecule has 1 heterocycles. The molecule has 1 amide bonds. The maximum atomic E-state index is 13.4. The number of carbonyl (C=O) groups excluding carboxylic acids is 1. The van der Waals surface area contributed by atoms with Crippen molar-refractivity contribution in [1.29, 1.82) is 0 Å². The Hall–Kier alpha value is -1.90. The van der Waals surface area contributed by atoms with Gasteiger partial charge >= 0.3 is 10.2 Å². The minimum absolute atomic E-state index is 0.333. The van der Waals surface area contributed by atoms with E-state index in [9.17, 15) is 27.1 Å². The number of nitrogens with zero attached hydrogens (tertiary/aromatic N) is 1. The molecule has 2 rings (SSSR count). The van der Waals surface area contributed by atoms with Crippen LogP contribution in [0.3, 0.4) is 0 Å². The molecule has 0 spiro atoms. The Balaban J connectivity index is 2.59. The van der Waals surface area contributed by atoms with Gasteiger partial charge in [0, 0.05) is 12.1 Å². The number of aromatic hydroxyl groups is 1. The molecule has 0 saturated carbocycles. The van der Waals surface area contributed by atoms with Gasteiger partial charge < -0.3 is 5.11 Å². The van der Waals surface area contributed by atoms with Crippen LogP contribution in [0.2, 0.25) is 0 Å². The summed E-state index contributed by atoms with van der Waals surface area (Å²) in [5.74, 6) is -4.10. The molecule has 6 nitrogen and oxygen atoms in total. The first-order chi connectivity index (χ1) is 7.81. The smallest absolute Gasteiger partial charge is 0.326 e. The zero-order valence-electron chi connectivity index (χ0n) is 8.15. The second kappa shape index (κ2) is 3.55. The third-order valence-corrected chi connectivity index (χ3v) is 3.46. The number of phenolic OH excluding ortho intramolecular Hbond substituents is 1. The van der Waals surface area contributed by atoms with Gasteiger partial charge in [0.15, 0.2) is 5.82 Å². The monoisotopic (exact) mass is 264 g/mol. The Morgan fingerprint density at radius 3 is 2.47 bits per heavy atom. The molecule has 0 bridgehead atoms. The number of benzene rings is 1. The molecule has 92 valence electrons. The third kappa shape index (κ3) is 1.88. The molecule has 2 N–H and O–H groups in total. The van der Waals surface area contributed by atoms with E-state index in [0.717, 1.165) is 0 Å². The van der Waals surface area contributed by atoms with E-state index in [1.807, 2.05) is 0 Å². The van der Waals surface area contributed by atoms with Gasteiger partial charge in [-0.15, -0.1) is 0 Å². The SMILES string of the molecule is O=C1CN(c2c(O)cc(F)cc2F)S(=O)(=O)N1. The lowest BCUT2D eigenvalue weighted by molar-refractivity contribution is -0.117. The maximum absolute atomic E-state index is 13.4. The highest BCUT2D eigenvalue weighted by Crippen LogP contribution is 2.33. The Kier molecular flexibility index (Phi) is 2.42. The highest BCUT2D eigenvalue weighted by atomic mass is 32.2. The van der Waals surface area contributed by atoms with Crippen LogP contribution in [-0.4, -0.2) is 26.0 Å². The summed E-state index contributed by atoms with van der Waals surface area (Å²) in [6.07, 6.45) is 0. The Labute approximate surface area is 94.6 Å². The van der Waals surface area contributed by atoms with Crippen molar-refractivity contribution < 1.29 is 27.1 Å². The highest BCUT2D eigenvalue weighted by Gasteiger charge is 2.37. The van der Waals surface area contributed by atoms with Crippen LogP contribution in [0.4, 0.5) is 14.5 Å².